The molecule has 0 bridgehead atoms. The van der Waals surface area contributed by atoms with Gasteiger partial charge in [-0.05, 0) is 50.6 Å². The Balaban J connectivity index is 0.00000288. The van der Waals surface area contributed by atoms with Crippen LogP contribution in [0.2, 0.25) is 0 Å². The molecule has 0 unspecified atom stereocenters. The summed E-state index contributed by atoms with van der Waals surface area (Å²) in [5.74, 6) is 0.300. The van der Waals surface area contributed by atoms with E-state index in [1.807, 2.05) is 31.3 Å². The summed E-state index contributed by atoms with van der Waals surface area (Å²) in [6.07, 6.45) is 5.26. The van der Waals surface area contributed by atoms with Gasteiger partial charge in [-0.1, -0.05) is 25.0 Å². The maximum Gasteiger partial charge on any atom is 0.251 e. The van der Waals surface area contributed by atoms with Crippen molar-refractivity contribution in [3.05, 3.63) is 35.4 Å². The smallest absolute Gasteiger partial charge is 0.251 e. The zero-order valence-corrected chi connectivity index (χ0v) is 15.1. The molecule has 0 spiro atoms. The number of benzene rings is 1. The third-order valence-electron chi connectivity index (χ3n) is 4.30. The van der Waals surface area contributed by atoms with E-state index in [2.05, 4.69) is 16.0 Å². The highest BCUT2D eigenvalue weighted by atomic mass is 35.5. The Bertz CT molecular complexity index is 514. The SMILES string of the molecule is CNCCCNC(=O)c1ccc(CNC(=O)C2CCCC2)cc1.Cl. The molecule has 5 nitrogen and oxygen atoms in total. The highest BCUT2D eigenvalue weighted by Gasteiger charge is 2.22. The molecule has 2 rings (SSSR count). The standard InChI is InChI=1S/C18H27N3O2.ClH/c1-19-11-4-12-20-17(22)16-9-7-14(8-10-16)13-21-18(23)15-5-2-3-6-15;/h7-10,15,19H,2-6,11-13H2,1H3,(H,20,22)(H,21,23);1H. The van der Waals surface area contributed by atoms with Crippen LogP contribution in [0.25, 0.3) is 0 Å². The summed E-state index contributed by atoms with van der Waals surface area (Å²) in [4.78, 5) is 23.9. The minimum atomic E-state index is -0.0531. The van der Waals surface area contributed by atoms with Crippen LogP contribution in [0.4, 0.5) is 0 Å². The number of hydrogen-bond donors (Lipinski definition) is 3. The van der Waals surface area contributed by atoms with Gasteiger partial charge in [0.25, 0.3) is 5.91 Å². The lowest BCUT2D eigenvalue weighted by Crippen LogP contribution is -2.29. The van der Waals surface area contributed by atoms with Crippen LogP contribution in [0.5, 0.6) is 0 Å². The van der Waals surface area contributed by atoms with Crippen molar-refractivity contribution in [2.24, 2.45) is 5.92 Å². The maximum absolute atomic E-state index is 12.0. The van der Waals surface area contributed by atoms with E-state index in [0.717, 1.165) is 44.2 Å². The van der Waals surface area contributed by atoms with E-state index in [9.17, 15) is 9.59 Å². The number of nitrogens with one attached hydrogen (secondary N) is 3. The number of amides is 2. The van der Waals surface area contributed by atoms with E-state index in [-0.39, 0.29) is 30.1 Å². The first-order chi connectivity index (χ1) is 11.2. The molecule has 3 N–H and O–H groups in total. The molecule has 1 aromatic carbocycles. The molecule has 0 heterocycles. The summed E-state index contributed by atoms with van der Waals surface area (Å²) in [5, 5.41) is 8.93. The molecule has 0 atom stereocenters. The Labute approximate surface area is 150 Å². The topological polar surface area (TPSA) is 70.2 Å². The fourth-order valence-corrected chi connectivity index (χ4v) is 2.86. The van der Waals surface area contributed by atoms with Crippen LogP contribution < -0.4 is 16.0 Å². The Hall–Kier alpha value is -1.59. The summed E-state index contributed by atoms with van der Waals surface area (Å²) in [7, 11) is 1.89. The first kappa shape index (κ1) is 20.5. The van der Waals surface area contributed by atoms with Gasteiger partial charge in [-0.3, -0.25) is 9.59 Å². The first-order valence-electron chi connectivity index (χ1n) is 8.50. The quantitative estimate of drug-likeness (QED) is 0.628. The molecule has 0 aliphatic heterocycles. The van der Waals surface area contributed by atoms with Crippen LogP contribution in [0.15, 0.2) is 24.3 Å². The third-order valence-corrected chi connectivity index (χ3v) is 4.30. The highest BCUT2D eigenvalue weighted by Crippen LogP contribution is 2.24. The summed E-state index contributed by atoms with van der Waals surface area (Å²) < 4.78 is 0. The second kappa shape index (κ2) is 11.0. The number of carbonyl (C=O) groups excluding carboxylic acids is 2. The lowest BCUT2D eigenvalue weighted by atomic mass is 10.1. The molecule has 0 aromatic heterocycles. The van der Waals surface area contributed by atoms with Crippen molar-refractivity contribution in [1.29, 1.82) is 0 Å². The highest BCUT2D eigenvalue weighted by molar-refractivity contribution is 5.94. The van der Waals surface area contributed by atoms with Crippen molar-refractivity contribution >= 4 is 24.2 Å². The van der Waals surface area contributed by atoms with Crippen LogP contribution in [0, 0.1) is 5.92 Å². The van der Waals surface area contributed by atoms with Crippen molar-refractivity contribution in [2.45, 2.75) is 38.6 Å². The van der Waals surface area contributed by atoms with Crippen molar-refractivity contribution < 1.29 is 9.59 Å². The minimum absolute atomic E-state index is 0. The number of halogens is 1. The van der Waals surface area contributed by atoms with Crippen LogP contribution in [0.3, 0.4) is 0 Å². The van der Waals surface area contributed by atoms with E-state index in [0.29, 0.717) is 18.7 Å². The maximum atomic E-state index is 12.0. The Morgan fingerprint density at radius 2 is 1.71 bits per heavy atom. The van der Waals surface area contributed by atoms with Gasteiger partial charge >= 0.3 is 0 Å². The van der Waals surface area contributed by atoms with Crippen molar-refractivity contribution in [3.63, 3.8) is 0 Å². The molecule has 1 aromatic rings. The van der Waals surface area contributed by atoms with Gasteiger partial charge < -0.3 is 16.0 Å². The largest absolute Gasteiger partial charge is 0.352 e. The van der Waals surface area contributed by atoms with Crippen LogP contribution in [0.1, 0.15) is 48.0 Å². The molecule has 1 saturated carbocycles. The predicted molar refractivity (Wildman–Crippen MR) is 98.4 cm³/mol. The van der Waals surface area contributed by atoms with Gasteiger partial charge in [0.15, 0.2) is 0 Å². The average Bonchev–Trinajstić information content (AvgIpc) is 3.11. The van der Waals surface area contributed by atoms with Crippen LogP contribution >= 0.6 is 12.4 Å². The van der Waals surface area contributed by atoms with Gasteiger partial charge in [0.1, 0.15) is 0 Å². The zero-order valence-electron chi connectivity index (χ0n) is 14.3. The van der Waals surface area contributed by atoms with E-state index >= 15 is 0 Å². The zero-order chi connectivity index (χ0) is 16.5. The van der Waals surface area contributed by atoms with E-state index < -0.39 is 0 Å². The average molecular weight is 354 g/mol. The molecule has 6 heteroatoms. The second-order valence-corrected chi connectivity index (χ2v) is 6.11. The molecule has 24 heavy (non-hydrogen) atoms. The molecular formula is C18H28ClN3O2. The summed E-state index contributed by atoms with van der Waals surface area (Å²) in [5.41, 5.74) is 1.67. The summed E-state index contributed by atoms with van der Waals surface area (Å²) in [6, 6.07) is 7.42. The molecule has 1 fully saturated rings. The lowest BCUT2D eigenvalue weighted by molar-refractivity contribution is -0.124. The second-order valence-electron chi connectivity index (χ2n) is 6.11. The molecule has 0 saturated heterocycles. The molecule has 2 amide bonds. The minimum Gasteiger partial charge on any atom is -0.352 e. The van der Waals surface area contributed by atoms with E-state index in [1.54, 1.807) is 0 Å². The predicted octanol–water partition coefficient (Wildman–Crippen LogP) is 2.25. The molecule has 134 valence electrons. The number of hydrogen-bond acceptors (Lipinski definition) is 3. The van der Waals surface area contributed by atoms with Gasteiger partial charge in [-0.15, -0.1) is 12.4 Å². The van der Waals surface area contributed by atoms with Gasteiger partial charge in [0.2, 0.25) is 5.91 Å². The molecular weight excluding hydrogens is 326 g/mol. The van der Waals surface area contributed by atoms with Crippen molar-refractivity contribution in [3.8, 4) is 0 Å². The molecule has 0 radical (unpaired) electrons. The van der Waals surface area contributed by atoms with E-state index in [1.165, 1.54) is 0 Å². The van der Waals surface area contributed by atoms with Crippen molar-refractivity contribution in [1.82, 2.24) is 16.0 Å². The Morgan fingerprint density at radius 3 is 2.33 bits per heavy atom. The van der Waals surface area contributed by atoms with Gasteiger partial charge in [-0.2, -0.15) is 0 Å². The van der Waals surface area contributed by atoms with Crippen LogP contribution in [-0.4, -0.2) is 32.0 Å². The number of carbonyl (C=O) groups is 2. The van der Waals surface area contributed by atoms with Gasteiger partial charge in [0, 0.05) is 24.6 Å². The van der Waals surface area contributed by atoms with E-state index in [4.69, 9.17) is 0 Å². The number of rotatable bonds is 8. The van der Waals surface area contributed by atoms with Crippen molar-refractivity contribution in [2.75, 3.05) is 20.1 Å². The first-order valence-corrected chi connectivity index (χ1v) is 8.50. The third kappa shape index (κ3) is 6.49. The summed E-state index contributed by atoms with van der Waals surface area (Å²) in [6.45, 7) is 2.08. The Morgan fingerprint density at radius 1 is 1.04 bits per heavy atom. The van der Waals surface area contributed by atoms with Gasteiger partial charge in [-0.25, -0.2) is 0 Å². The normalized spacial score (nSPS) is 14.0. The fraction of sp³-hybridized carbons (Fsp3) is 0.556. The fourth-order valence-electron chi connectivity index (χ4n) is 2.86. The van der Waals surface area contributed by atoms with Gasteiger partial charge in [0.05, 0.1) is 0 Å². The summed E-state index contributed by atoms with van der Waals surface area (Å²) >= 11 is 0. The van der Waals surface area contributed by atoms with Crippen LogP contribution in [-0.2, 0) is 11.3 Å². The Kier molecular flexibility index (Phi) is 9.42. The lowest BCUT2D eigenvalue weighted by Gasteiger charge is -2.11. The molecule has 1 aliphatic rings. The monoisotopic (exact) mass is 353 g/mol. The molecule has 1 aliphatic carbocycles.